The molecule has 0 heterocycles. The van der Waals surface area contributed by atoms with Crippen LogP contribution in [0.3, 0.4) is 0 Å². The monoisotopic (exact) mass is 266 g/mol. The van der Waals surface area contributed by atoms with Gasteiger partial charge in [0.2, 0.25) is 0 Å². The molecule has 0 aliphatic rings. The Labute approximate surface area is 114 Å². The molecule has 0 aromatic heterocycles. The van der Waals surface area contributed by atoms with Crippen LogP contribution in [0.4, 0.5) is 5.69 Å². The average molecular weight is 266 g/mol. The van der Waals surface area contributed by atoms with Gasteiger partial charge >= 0.3 is 0 Å². The maximum Gasteiger partial charge on any atom is 0.253 e. The Kier molecular flexibility index (Phi) is 5.79. The van der Waals surface area contributed by atoms with E-state index in [1.165, 1.54) is 0 Å². The Hall–Kier alpha value is -1.59. The van der Waals surface area contributed by atoms with Crippen molar-refractivity contribution in [3.05, 3.63) is 29.3 Å². The topological polar surface area (TPSA) is 50.8 Å². The van der Waals surface area contributed by atoms with E-state index in [4.69, 9.17) is 9.47 Å². The van der Waals surface area contributed by atoms with Crippen LogP contribution in [-0.2, 0) is 9.47 Å². The van der Waals surface area contributed by atoms with E-state index in [2.05, 4.69) is 5.32 Å². The van der Waals surface area contributed by atoms with Crippen molar-refractivity contribution in [1.29, 1.82) is 0 Å². The Morgan fingerprint density at radius 2 is 1.95 bits per heavy atom. The second-order valence-corrected chi connectivity index (χ2v) is 4.51. The Morgan fingerprint density at radius 1 is 1.32 bits per heavy atom. The van der Waals surface area contributed by atoms with E-state index in [1.807, 2.05) is 25.1 Å². The van der Waals surface area contributed by atoms with E-state index < -0.39 is 0 Å². The van der Waals surface area contributed by atoms with Gasteiger partial charge in [-0.3, -0.25) is 4.79 Å². The standard InChI is InChI=1S/C14H22N2O3/c1-10-6-7-11(14(17)16(2)3)8-12(10)15-9-13(18-4)19-5/h6-8,13,15H,9H2,1-5H3. The molecule has 0 unspecified atom stereocenters. The molecule has 5 nitrogen and oxygen atoms in total. The highest BCUT2D eigenvalue weighted by atomic mass is 16.7. The zero-order chi connectivity index (χ0) is 14.4. The van der Waals surface area contributed by atoms with E-state index in [9.17, 15) is 4.79 Å². The predicted molar refractivity (Wildman–Crippen MR) is 75.5 cm³/mol. The summed E-state index contributed by atoms with van der Waals surface area (Å²) in [6.45, 7) is 2.51. The van der Waals surface area contributed by atoms with Crippen LogP contribution in [0.15, 0.2) is 18.2 Å². The largest absolute Gasteiger partial charge is 0.380 e. The Bertz CT molecular complexity index is 429. The van der Waals surface area contributed by atoms with Crippen molar-refractivity contribution in [1.82, 2.24) is 4.90 Å². The normalized spacial score (nSPS) is 10.6. The van der Waals surface area contributed by atoms with Crippen LogP contribution in [0.2, 0.25) is 0 Å². The van der Waals surface area contributed by atoms with Crippen LogP contribution in [0, 0.1) is 6.92 Å². The van der Waals surface area contributed by atoms with Gasteiger partial charge in [-0.25, -0.2) is 0 Å². The minimum absolute atomic E-state index is 0.0157. The second-order valence-electron chi connectivity index (χ2n) is 4.51. The first-order valence-corrected chi connectivity index (χ1v) is 6.11. The highest BCUT2D eigenvalue weighted by Crippen LogP contribution is 2.18. The van der Waals surface area contributed by atoms with Crippen LogP contribution in [-0.4, -0.2) is 52.0 Å². The predicted octanol–water partition coefficient (Wildman–Crippen LogP) is 1.73. The van der Waals surface area contributed by atoms with Gasteiger partial charge in [-0.1, -0.05) is 6.07 Å². The molecular formula is C14H22N2O3. The number of nitrogens with zero attached hydrogens (tertiary/aromatic N) is 1. The molecule has 0 saturated heterocycles. The van der Waals surface area contributed by atoms with Crippen LogP contribution >= 0.6 is 0 Å². The lowest BCUT2D eigenvalue weighted by Crippen LogP contribution is -2.24. The van der Waals surface area contributed by atoms with Gasteiger partial charge in [0.05, 0.1) is 6.54 Å². The summed E-state index contributed by atoms with van der Waals surface area (Å²) in [5, 5.41) is 3.23. The van der Waals surface area contributed by atoms with Gasteiger partial charge in [-0.05, 0) is 24.6 Å². The molecule has 1 amide bonds. The van der Waals surface area contributed by atoms with Gasteiger partial charge in [-0.2, -0.15) is 0 Å². The molecule has 0 aliphatic heterocycles. The number of aryl methyl sites for hydroxylation is 1. The average Bonchev–Trinajstić information content (AvgIpc) is 2.40. The first-order chi connectivity index (χ1) is 8.99. The van der Waals surface area contributed by atoms with E-state index >= 15 is 0 Å². The smallest absolute Gasteiger partial charge is 0.253 e. The van der Waals surface area contributed by atoms with Gasteiger partial charge in [-0.15, -0.1) is 0 Å². The zero-order valence-electron chi connectivity index (χ0n) is 12.2. The van der Waals surface area contributed by atoms with Crippen molar-refractivity contribution in [2.24, 2.45) is 0 Å². The number of methoxy groups -OCH3 is 2. The van der Waals surface area contributed by atoms with Gasteiger partial charge in [0.15, 0.2) is 6.29 Å². The minimum Gasteiger partial charge on any atom is -0.380 e. The summed E-state index contributed by atoms with van der Waals surface area (Å²) in [4.78, 5) is 13.5. The molecule has 1 rings (SSSR count). The highest BCUT2D eigenvalue weighted by molar-refractivity contribution is 5.95. The number of hydrogen-bond acceptors (Lipinski definition) is 4. The van der Waals surface area contributed by atoms with E-state index in [0.29, 0.717) is 12.1 Å². The number of anilines is 1. The van der Waals surface area contributed by atoms with E-state index in [1.54, 1.807) is 33.2 Å². The number of amides is 1. The quantitative estimate of drug-likeness (QED) is 0.797. The molecule has 0 aliphatic carbocycles. The number of carbonyl (C=O) groups excluding carboxylic acids is 1. The van der Waals surface area contributed by atoms with Crippen molar-refractivity contribution in [2.45, 2.75) is 13.2 Å². The number of nitrogens with one attached hydrogen (secondary N) is 1. The lowest BCUT2D eigenvalue weighted by atomic mass is 10.1. The van der Waals surface area contributed by atoms with Crippen molar-refractivity contribution < 1.29 is 14.3 Å². The fraction of sp³-hybridized carbons (Fsp3) is 0.500. The van der Waals surface area contributed by atoms with Gasteiger partial charge in [0.1, 0.15) is 0 Å². The molecule has 0 bridgehead atoms. The molecule has 0 saturated carbocycles. The molecule has 0 spiro atoms. The molecule has 0 atom stereocenters. The maximum absolute atomic E-state index is 11.9. The molecule has 0 radical (unpaired) electrons. The molecule has 1 N–H and O–H groups in total. The van der Waals surface area contributed by atoms with Crippen molar-refractivity contribution in [3.8, 4) is 0 Å². The van der Waals surface area contributed by atoms with Crippen molar-refractivity contribution in [3.63, 3.8) is 0 Å². The summed E-state index contributed by atoms with van der Waals surface area (Å²) < 4.78 is 10.2. The summed E-state index contributed by atoms with van der Waals surface area (Å²) >= 11 is 0. The molecule has 106 valence electrons. The third-order valence-electron chi connectivity index (χ3n) is 2.88. The van der Waals surface area contributed by atoms with Gasteiger partial charge in [0, 0.05) is 39.6 Å². The third-order valence-corrected chi connectivity index (χ3v) is 2.88. The first-order valence-electron chi connectivity index (χ1n) is 6.11. The van der Waals surface area contributed by atoms with E-state index in [-0.39, 0.29) is 12.2 Å². The fourth-order valence-electron chi connectivity index (χ4n) is 1.66. The first kappa shape index (κ1) is 15.5. The lowest BCUT2D eigenvalue weighted by Gasteiger charge is -2.17. The summed E-state index contributed by atoms with van der Waals surface area (Å²) in [5.41, 5.74) is 2.64. The lowest BCUT2D eigenvalue weighted by molar-refractivity contribution is -0.0914. The van der Waals surface area contributed by atoms with Crippen LogP contribution < -0.4 is 5.32 Å². The van der Waals surface area contributed by atoms with E-state index in [0.717, 1.165) is 11.3 Å². The van der Waals surface area contributed by atoms with Crippen LogP contribution in [0.25, 0.3) is 0 Å². The Balaban J connectivity index is 2.83. The number of hydrogen-bond donors (Lipinski definition) is 1. The molecule has 19 heavy (non-hydrogen) atoms. The molecule has 0 fully saturated rings. The summed E-state index contributed by atoms with van der Waals surface area (Å²) in [6.07, 6.45) is -0.312. The maximum atomic E-state index is 11.9. The van der Waals surface area contributed by atoms with Gasteiger partial charge in [0.25, 0.3) is 5.91 Å². The molecule has 1 aromatic rings. The minimum atomic E-state index is -0.312. The van der Waals surface area contributed by atoms with Crippen LogP contribution in [0.5, 0.6) is 0 Å². The van der Waals surface area contributed by atoms with Crippen LogP contribution in [0.1, 0.15) is 15.9 Å². The van der Waals surface area contributed by atoms with Crippen molar-refractivity contribution in [2.75, 3.05) is 40.2 Å². The number of rotatable bonds is 6. The number of carbonyl (C=O) groups is 1. The molecular weight excluding hydrogens is 244 g/mol. The number of benzene rings is 1. The highest BCUT2D eigenvalue weighted by Gasteiger charge is 2.11. The second kappa shape index (κ2) is 7.11. The Morgan fingerprint density at radius 3 is 2.47 bits per heavy atom. The number of ether oxygens (including phenoxy) is 2. The third kappa shape index (κ3) is 4.22. The summed E-state index contributed by atoms with van der Waals surface area (Å²) in [6, 6.07) is 5.60. The summed E-state index contributed by atoms with van der Waals surface area (Å²) in [7, 11) is 6.66. The molecule has 5 heteroatoms. The zero-order valence-corrected chi connectivity index (χ0v) is 12.2. The summed E-state index contributed by atoms with van der Waals surface area (Å²) in [5.74, 6) is -0.0157. The van der Waals surface area contributed by atoms with Gasteiger partial charge < -0.3 is 19.7 Å². The SMILES string of the molecule is COC(CNc1cc(C(=O)N(C)C)ccc1C)OC. The van der Waals surface area contributed by atoms with Crippen molar-refractivity contribution >= 4 is 11.6 Å². The molecule has 1 aromatic carbocycles. The fourth-order valence-corrected chi connectivity index (χ4v) is 1.66.